The predicted octanol–water partition coefficient (Wildman–Crippen LogP) is 4.30. The van der Waals surface area contributed by atoms with Crippen molar-refractivity contribution >= 4 is 44.3 Å². The smallest absolute Gasteiger partial charge is 0.266 e. The third-order valence-corrected chi connectivity index (χ3v) is 9.33. The maximum absolute atomic E-state index is 13.4. The number of anilines is 1. The zero-order chi connectivity index (χ0) is 27.4. The molecule has 9 nitrogen and oxygen atoms in total. The molecule has 1 fully saturated rings. The lowest BCUT2D eigenvalue weighted by Crippen LogP contribution is -2.35. The van der Waals surface area contributed by atoms with Gasteiger partial charge in [0.05, 0.1) is 34.3 Å². The van der Waals surface area contributed by atoms with E-state index in [0.29, 0.717) is 46.3 Å². The van der Waals surface area contributed by atoms with Gasteiger partial charge in [-0.15, -0.1) is 0 Å². The third kappa shape index (κ3) is 5.85. The number of nitrogens with one attached hydrogen (secondary N) is 1. The quantitative estimate of drug-likeness (QED) is 0.251. The lowest BCUT2D eigenvalue weighted by molar-refractivity contribution is -0.113. The van der Waals surface area contributed by atoms with E-state index in [4.69, 9.17) is 4.74 Å². The number of para-hydroxylation sites is 1. The van der Waals surface area contributed by atoms with Crippen LogP contribution in [0.5, 0.6) is 5.75 Å². The first kappa shape index (κ1) is 26.9. The molecule has 11 heteroatoms. The molecule has 0 radical (unpaired) electrons. The number of hydrogen-bond acceptors (Lipinski definition) is 7. The molecule has 0 unspecified atom stereocenters. The summed E-state index contributed by atoms with van der Waals surface area (Å²) in [5.41, 5.74) is 1.35. The van der Waals surface area contributed by atoms with Crippen molar-refractivity contribution in [3.63, 3.8) is 0 Å². The molecule has 1 N–H and O–H groups in total. The average Bonchev–Trinajstić information content (AvgIpc) is 2.97. The molecule has 1 saturated heterocycles. The SMILES string of the molecule is COc1cccc(-n2c(SCC(=O)Nc3ccc(S(=O)(=O)N4CCCCC4)cc3)nc3ccccc3c2=O)c1. The summed E-state index contributed by atoms with van der Waals surface area (Å²) < 4.78 is 34.1. The molecule has 1 amide bonds. The number of aromatic nitrogens is 2. The molecule has 0 spiro atoms. The number of carbonyl (C=O) groups excluding carboxylic acids is 1. The van der Waals surface area contributed by atoms with Crippen LogP contribution >= 0.6 is 11.8 Å². The number of fused-ring (bicyclic) bond motifs is 1. The Morgan fingerprint density at radius 2 is 1.74 bits per heavy atom. The van der Waals surface area contributed by atoms with Crippen molar-refractivity contribution in [2.24, 2.45) is 0 Å². The number of benzene rings is 3. The molecule has 1 aliphatic rings. The molecular formula is C28H28N4O5S2. The number of nitrogens with zero attached hydrogens (tertiary/aromatic N) is 3. The molecule has 3 aromatic carbocycles. The summed E-state index contributed by atoms with van der Waals surface area (Å²) in [7, 11) is -1.99. The molecule has 4 aromatic rings. The van der Waals surface area contributed by atoms with Crippen LogP contribution in [0.1, 0.15) is 19.3 Å². The van der Waals surface area contributed by atoms with E-state index in [1.807, 2.05) is 0 Å². The van der Waals surface area contributed by atoms with Gasteiger partial charge < -0.3 is 10.1 Å². The van der Waals surface area contributed by atoms with Gasteiger partial charge in [0.2, 0.25) is 15.9 Å². The first-order valence-corrected chi connectivity index (χ1v) is 15.0. The van der Waals surface area contributed by atoms with Crippen LogP contribution in [0.15, 0.2) is 87.6 Å². The second kappa shape index (κ2) is 11.6. The molecule has 2 heterocycles. The number of carbonyl (C=O) groups is 1. The lowest BCUT2D eigenvalue weighted by atomic mass is 10.2. The van der Waals surface area contributed by atoms with E-state index in [1.54, 1.807) is 67.8 Å². The molecule has 39 heavy (non-hydrogen) atoms. The molecule has 1 aliphatic heterocycles. The van der Waals surface area contributed by atoms with Crippen LogP contribution in [-0.2, 0) is 14.8 Å². The summed E-state index contributed by atoms with van der Waals surface area (Å²) in [6.45, 7) is 1.06. The minimum atomic E-state index is -3.54. The van der Waals surface area contributed by atoms with Gasteiger partial charge in [-0.2, -0.15) is 4.31 Å². The Morgan fingerprint density at radius 1 is 1.00 bits per heavy atom. The Morgan fingerprint density at radius 3 is 2.49 bits per heavy atom. The lowest BCUT2D eigenvalue weighted by Gasteiger charge is -2.25. The summed E-state index contributed by atoms with van der Waals surface area (Å²) in [5.74, 6) is 0.265. The Bertz CT molecular complexity index is 1660. The number of amides is 1. The van der Waals surface area contributed by atoms with Gasteiger partial charge in [-0.25, -0.2) is 13.4 Å². The molecule has 5 rings (SSSR count). The monoisotopic (exact) mass is 564 g/mol. The predicted molar refractivity (Wildman–Crippen MR) is 152 cm³/mol. The van der Waals surface area contributed by atoms with Crippen LogP contribution < -0.4 is 15.6 Å². The Hall–Kier alpha value is -3.67. The van der Waals surface area contributed by atoms with Crippen molar-refractivity contribution in [3.05, 3.63) is 83.2 Å². The van der Waals surface area contributed by atoms with Gasteiger partial charge in [-0.1, -0.05) is 36.4 Å². The Kier molecular flexibility index (Phi) is 8.01. The number of ether oxygens (including phenoxy) is 1. The van der Waals surface area contributed by atoms with E-state index in [9.17, 15) is 18.0 Å². The number of methoxy groups -OCH3 is 1. The summed E-state index contributed by atoms with van der Waals surface area (Å²) in [6.07, 6.45) is 2.77. The number of thioether (sulfide) groups is 1. The van der Waals surface area contributed by atoms with Gasteiger partial charge in [0.1, 0.15) is 5.75 Å². The molecule has 0 bridgehead atoms. The van der Waals surface area contributed by atoms with Crippen LogP contribution in [0.4, 0.5) is 5.69 Å². The van der Waals surface area contributed by atoms with Crippen LogP contribution in [0, 0.1) is 0 Å². The van der Waals surface area contributed by atoms with E-state index in [0.717, 1.165) is 31.0 Å². The summed E-state index contributed by atoms with van der Waals surface area (Å²) in [5, 5.41) is 3.63. The zero-order valence-corrected chi connectivity index (χ0v) is 23.0. The van der Waals surface area contributed by atoms with E-state index in [1.165, 1.54) is 21.0 Å². The molecular weight excluding hydrogens is 536 g/mol. The molecule has 0 atom stereocenters. The number of sulfonamides is 1. The zero-order valence-electron chi connectivity index (χ0n) is 21.4. The number of piperidine rings is 1. The minimum Gasteiger partial charge on any atom is -0.497 e. The van der Waals surface area contributed by atoms with Crippen LogP contribution in [-0.4, -0.2) is 54.1 Å². The van der Waals surface area contributed by atoms with E-state index in [2.05, 4.69) is 10.3 Å². The fourth-order valence-corrected chi connectivity index (χ4v) is 6.81. The van der Waals surface area contributed by atoms with Gasteiger partial charge in [0.15, 0.2) is 5.16 Å². The van der Waals surface area contributed by atoms with Crippen LogP contribution in [0.2, 0.25) is 0 Å². The fraction of sp³-hybridized carbons (Fsp3) is 0.250. The summed E-state index contributed by atoms with van der Waals surface area (Å²) in [6, 6.07) is 20.3. The van der Waals surface area contributed by atoms with Crippen molar-refractivity contribution < 1.29 is 17.9 Å². The van der Waals surface area contributed by atoms with Crippen molar-refractivity contribution in [3.8, 4) is 11.4 Å². The summed E-state index contributed by atoms with van der Waals surface area (Å²) in [4.78, 5) is 31.1. The fourth-order valence-electron chi connectivity index (χ4n) is 4.48. The highest BCUT2D eigenvalue weighted by atomic mass is 32.2. The Balaban J connectivity index is 1.34. The second-order valence-corrected chi connectivity index (χ2v) is 12.0. The van der Waals surface area contributed by atoms with Crippen molar-refractivity contribution in [2.75, 3.05) is 31.3 Å². The van der Waals surface area contributed by atoms with E-state index >= 15 is 0 Å². The van der Waals surface area contributed by atoms with Crippen LogP contribution in [0.3, 0.4) is 0 Å². The highest BCUT2D eigenvalue weighted by molar-refractivity contribution is 7.99. The molecule has 202 valence electrons. The summed E-state index contributed by atoms with van der Waals surface area (Å²) >= 11 is 1.13. The first-order chi connectivity index (χ1) is 18.9. The number of hydrogen-bond donors (Lipinski definition) is 1. The van der Waals surface area contributed by atoms with Gasteiger partial charge in [0.25, 0.3) is 5.56 Å². The Labute approximate surface area is 230 Å². The molecule has 0 aliphatic carbocycles. The maximum atomic E-state index is 13.4. The van der Waals surface area contributed by atoms with Crippen molar-refractivity contribution in [2.45, 2.75) is 29.3 Å². The molecule has 0 saturated carbocycles. The van der Waals surface area contributed by atoms with Gasteiger partial charge >= 0.3 is 0 Å². The number of rotatable bonds is 8. The second-order valence-electron chi connectivity index (χ2n) is 9.08. The molecule has 1 aromatic heterocycles. The first-order valence-electron chi connectivity index (χ1n) is 12.6. The van der Waals surface area contributed by atoms with E-state index in [-0.39, 0.29) is 22.1 Å². The highest BCUT2D eigenvalue weighted by Crippen LogP contribution is 2.25. The average molecular weight is 565 g/mol. The maximum Gasteiger partial charge on any atom is 0.266 e. The standard InChI is InChI=1S/C28H28N4O5S2/c1-37-22-9-7-8-21(18-22)32-27(34)24-10-3-4-11-25(24)30-28(32)38-19-26(33)29-20-12-14-23(15-13-20)39(35,36)31-16-5-2-6-17-31/h3-4,7-15,18H,2,5-6,16-17,19H2,1H3,(H,29,33). The topological polar surface area (TPSA) is 111 Å². The third-order valence-electron chi connectivity index (χ3n) is 6.48. The largest absolute Gasteiger partial charge is 0.497 e. The van der Waals surface area contributed by atoms with Gasteiger partial charge in [0, 0.05) is 24.8 Å². The van der Waals surface area contributed by atoms with Crippen LogP contribution in [0.25, 0.3) is 16.6 Å². The van der Waals surface area contributed by atoms with E-state index < -0.39 is 10.0 Å². The van der Waals surface area contributed by atoms with Gasteiger partial charge in [-0.3, -0.25) is 14.2 Å². The normalized spacial score (nSPS) is 14.3. The van der Waals surface area contributed by atoms with Crippen molar-refractivity contribution in [1.29, 1.82) is 0 Å². The minimum absolute atomic E-state index is 0.0113. The highest BCUT2D eigenvalue weighted by Gasteiger charge is 2.25. The van der Waals surface area contributed by atoms with Crippen molar-refractivity contribution in [1.82, 2.24) is 13.9 Å². The van der Waals surface area contributed by atoms with Gasteiger partial charge in [-0.05, 0) is 61.4 Å².